The Hall–Kier alpha value is -2.62. The number of amides is 1. The van der Waals surface area contributed by atoms with E-state index in [1.165, 1.54) is 0 Å². The van der Waals surface area contributed by atoms with Gasteiger partial charge in [-0.25, -0.2) is 0 Å². The largest absolute Gasteiger partial charge is 0.481 e. The van der Waals surface area contributed by atoms with E-state index < -0.39 is 17.9 Å². The maximum absolute atomic E-state index is 12.6. The summed E-state index contributed by atoms with van der Waals surface area (Å²) in [5, 5.41) is 12.2. The third-order valence-corrected chi connectivity index (χ3v) is 3.98. The predicted octanol–water partition coefficient (Wildman–Crippen LogP) is 3.44. The molecule has 1 amide bonds. The number of rotatable bonds is 6. The van der Waals surface area contributed by atoms with Gasteiger partial charge in [-0.2, -0.15) is 0 Å². The molecule has 2 unspecified atom stereocenters. The van der Waals surface area contributed by atoms with E-state index in [-0.39, 0.29) is 5.91 Å². The van der Waals surface area contributed by atoms with Crippen molar-refractivity contribution in [1.82, 2.24) is 5.32 Å². The van der Waals surface area contributed by atoms with Crippen LogP contribution in [0.5, 0.6) is 0 Å². The molecule has 0 spiro atoms. The van der Waals surface area contributed by atoms with Gasteiger partial charge in [-0.15, -0.1) is 0 Å². The third-order valence-electron chi connectivity index (χ3n) is 3.98. The van der Waals surface area contributed by atoms with Gasteiger partial charge in [0.05, 0.1) is 12.0 Å². The second kappa shape index (κ2) is 7.58. The smallest absolute Gasteiger partial charge is 0.308 e. The molecule has 0 aromatic heterocycles. The number of carbonyl (C=O) groups excluding carboxylic acids is 1. The van der Waals surface area contributed by atoms with Crippen molar-refractivity contribution in [3.05, 3.63) is 71.3 Å². The number of aryl methyl sites for hydroxylation is 1. The van der Waals surface area contributed by atoms with E-state index in [0.717, 1.165) is 17.5 Å². The standard InChI is InChI=1S/C19H21NO3/c1-3-14-9-7-8-12-16(14)18(21)20-17(13(2)19(22)23)15-10-5-4-6-11-15/h4-13,17H,3H2,1-2H3,(H,20,21)(H,22,23). The van der Waals surface area contributed by atoms with Crippen LogP contribution in [0.1, 0.15) is 41.4 Å². The van der Waals surface area contributed by atoms with Crippen molar-refractivity contribution in [2.24, 2.45) is 5.92 Å². The fourth-order valence-electron chi connectivity index (χ4n) is 2.57. The average molecular weight is 311 g/mol. The van der Waals surface area contributed by atoms with Crippen LogP contribution >= 0.6 is 0 Å². The third kappa shape index (κ3) is 3.97. The van der Waals surface area contributed by atoms with Crippen LogP contribution in [-0.4, -0.2) is 17.0 Å². The van der Waals surface area contributed by atoms with Crippen LogP contribution in [0.2, 0.25) is 0 Å². The van der Waals surface area contributed by atoms with Crippen LogP contribution in [0.25, 0.3) is 0 Å². The fraction of sp³-hybridized carbons (Fsp3) is 0.263. The van der Waals surface area contributed by atoms with E-state index in [9.17, 15) is 14.7 Å². The Kier molecular flexibility index (Phi) is 5.52. The summed E-state index contributed by atoms with van der Waals surface area (Å²) in [7, 11) is 0. The average Bonchev–Trinajstić information content (AvgIpc) is 2.59. The Morgan fingerprint density at radius 1 is 1.04 bits per heavy atom. The first-order valence-electron chi connectivity index (χ1n) is 7.71. The van der Waals surface area contributed by atoms with Crippen molar-refractivity contribution < 1.29 is 14.7 Å². The molecule has 0 aliphatic heterocycles. The highest BCUT2D eigenvalue weighted by atomic mass is 16.4. The Labute approximate surface area is 136 Å². The highest BCUT2D eigenvalue weighted by Gasteiger charge is 2.27. The molecular weight excluding hydrogens is 290 g/mol. The first kappa shape index (κ1) is 16.7. The van der Waals surface area contributed by atoms with Crippen LogP contribution in [0.3, 0.4) is 0 Å². The minimum atomic E-state index is -0.942. The number of nitrogens with one attached hydrogen (secondary N) is 1. The second-order valence-corrected chi connectivity index (χ2v) is 5.50. The molecule has 23 heavy (non-hydrogen) atoms. The van der Waals surface area contributed by atoms with E-state index >= 15 is 0 Å². The normalized spacial score (nSPS) is 13.1. The quantitative estimate of drug-likeness (QED) is 0.859. The van der Waals surface area contributed by atoms with Gasteiger partial charge in [0.25, 0.3) is 5.91 Å². The van der Waals surface area contributed by atoms with Crippen LogP contribution in [0.15, 0.2) is 54.6 Å². The van der Waals surface area contributed by atoms with E-state index in [4.69, 9.17) is 0 Å². The SMILES string of the molecule is CCc1ccccc1C(=O)NC(c1ccccc1)C(C)C(=O)O. The summed E-state index contributed by atoms with van der Waals surface area (Å²) >= 11 is 0. The highest BCUT2D eigenvalue weighted by Crippen LogP contribution is 2.23. The maximum Gasteiger partial charge on any atom is 0.308 e. The summed E-state index contributed by atoms with van der Waals surface area (Å²) in [4.78, 5) is 24.0. The molecule has 120 valence electrons. The fourth-order valence-corrected chi connectivity index (χ4v) is 2.57. The van der Waals surface area contributed by atoms with Gasteiger partial charge in [0, 0.05) is 5.56 Å². The summed E-state index contributed by atoms with van der Waals surface area (Å²) in [6.45, 7) is 3.59. The van der Waals surface area contributed by atoms with Crippen LogP contribution < -0.4 is 5.32 Å². The first-order chi connectivity index (χ1) is 11.0. The summed E-state index contributed by atoms with van der Waals surface area (Å²) in [5.74, 6) is -1.91. The lowest BCUT2D eigenvalue weighted by Crippen LogP contribution is -2.36. The van der Waals surface area contributed by atoms with Gasteiger partial charge < -0.3 is 10.4 Å². The van der Waals surface area contributed by atoms with E-state index in [2.05, 4.69) is 5.32 Å². The van der Waals surface area contributed by atoms with Gasteiger partial charge >= 0.3 is 5.97 Å². The molecule has 2 aromatic rings. The van der Waals surface area contributed by atoms with Gasteiger partial charge in [0.15, 0.2) is 0 Å². The van der Waals surface area contributed by atoms with Gasteiger partial charge in [-0.05, 0) is 30.5 Å². The number of carbonyl (C=O) groups is 2. The van der Waals surface area contributed by atoms with E-state index in [1.54, 1.807) is 13.0 Å². The van der Waals surface area contributed by atoms with Crippen LogP contribution in [0.4, 0.5) is 0 Å². The molecule has 2 rings (SSSR count). The lowest BCUT2D eigenvalue weighted by molar-refractivity contribution is -0.142. The Balaban J connectivity index is 2.31. The Bertz CT molecular complexity index is 682. The molecule has 0 saturated carbocycles. The number of aliphatic carboxylic acids is 1. The number of carboxylic acids is 1. The number of hydrogen-bond donors (Lipinski definition) is 2. The Morgan fingerprint density at radius 2 is 1.65 bits per heavy atom. The summed E-state index contributed by atoms with van der Waals surface area (Å²) in [5.41, 5.74) is 2.32. The van der Waals surface area contributed by atoms with Crippen LogP contribution in [0, 0.1) is 5.92 Å². The van der Waals surface area contributed by atoms with Crippen LogP contribution in [-0.2, 0) is 11.2 Å². The van der Waals surface area contributed by atoms with Gasteiger partial charge in [-0.1, -0.05) is 55.5 Å². The first-order valence-corrected chi connectivity index (χ1v) is 7.71. The number of hydrogen-bond acceptors (Lipinski definition) is 2. The topological polar surface area (TPSA) is 66.4 Å². The lowest BCUT2D eigenvalue weighted by Gasteiger charge is -2.23. The summed E-state index contributed by atoms with van der Waals surface area (Å²) in [6.07, 6.45) is 0.744. The zero-order chi connectivity index (χ0) is 16.8. The van der Waals surface area contributed by atoms with Crippen molar-refractivity contribution in [1.29, 1.82) is 0 Å². The molecule has 0 fully saturated rings. The predicted molar refractivity (Wildman–Crippen MR) is 89.3 cm³/mol. The second-order valence-electron chi connectivity index (χ2n) is 5.50. The molecular formula is C19H21NO3. The monoisotopic (exact) mass is 311 g/mol. The Morgan fingerprint density at radius 3 is 2.26 bits per heavy atom. The molecule has 2 N–H and O–H groups in total. The van der Waals surface area contributed by atoms with E-state index in [0.29, 0.717) is 5.56 Å². The molecule has 0 aliphatic rings. The lowest BCUT2D eigenvalue weighted by atomic mass is 9.93. The molecule has 0 saturated heterocycles. The minimum absolute atomic E-state index is 0.246. The van der Waals surface area contributed by atoms with E-state index in [1.807, 2.05) is 55.5 Å². The molecule has 0 aliphatic carbocycles. The van der Waals surface area contributed by atoms with Crippen molar-refractivity contribution in [3.8, 4) is 0 Å². The highest BCUT2D eigenvalue weighted by molar-refractivity contribution is 5.96. The zero-order valence-corrected chi connectivity index (χ0v) is 13.3. The molecule has 2 aromatic carbocycles. The molecule has 4 heteroatoms. The number of carboxylic acid groups (broad SMARTS) is 1. The molecule has 0 bridgehead atoms. The zero-order valence-electron chi connectivity index (χ0n) is 13.3. The van der Waals surface area contributed by atoms with Gasteiger partial charge in [0.2, 0.25) is 0 Å². The summed E-state index contributed by atoms with van der Waals surface area (Å²) < 4.78 is 0. The molecule has 0 radical (unpaired) electrons. The number of benzene rings is 2. The maximum atomic E-state index is 12.6. The summed E-state index contributed by atoms with van der Waals surface area (Å²) in [6, 6.07) is 16.0. The van der Waals surface area contributed by atoms with Gasteiger partial charge in [0.1, 0.15) is 0 Å². The molecule has 4 nitrogen and oxygen atoms in total. The van der Waals surface area contributed by atoms with Gasteiger partial charge in [-0.3, -0.25) is 9.59 Å². The molecule has 2 atom stereocenters. The molecule has 0 heterocycles. The van der Waals surface area contributed by atoms with Crippen molar-refractivity contribution in [2.75, 3.05) is 0 Å². The van der Waals surface area contributed by atoms with Crippen molar-refractivity contribution in [2.45, 2.75) is 26.3 Å². The van der Waals surface area contributed by atoms with Crippen molar-refractivity contribution >= 4 is 11.9 Å². The minimum Gasteiger partial charge on any atom is -0.481 e. The van der Waals surface area contributed by atoms with Crippen molar-refractivity contribution in [3.63, 3.8) is 0 Å².